The van der Waals surface area contributed by atoms with E-state index >= 15 is 0 Å². The zero-order valence-electron chi connectivity index (χ0n) is 19.9. The van der Waals surface area contributed by atoms with Crippen LogP contribution in [0, 0.1) is 10.8 Å². The first kappa shape index (κ1) is 31.6. The van der Waals surface area contributed by atoms with Gasteiger partial charge in [0.05, 0.1) is 24.9 Å². The van der Waals surface area contributed by atoms with Crippen molar-refractivity contribution in [2.24, 2.45) is 11.5 Å². The van der Waals surface area contributed by atoms with Crippen LogP contribution in [0.3, 0.4) is 0 Å². The molecule has 2 aromatic carbocycles. The van der Waals surface area contributed by atoms with Gasteiger partial charge >= 0.3 is 0 Å². The van der Waals surface area contributed by atoms with E-state index in [1.807, 2.05) is 48.5 Å². The van der Waals surface area contributed by atoms with E-state index in [1.165, 1.54) is 36.8 Å². The Bertz CT molecular complexity index is 745. The maximum Gasteiger partial charge on any atom is 0.119 e. The first-order valence-electron chi connectivity index (χ1n) is 11.6. The van der Waals surface area contributed by atoms with Gasteiger partial charge in [-0.15, -0.1) is 24.8 Å². The first-order valence-corrected chi connectivity index (χ1v) is 11.6. The van der Waals surface area contributed by atoms with Crippen LogP contribution < -0.4 is 20.9 Å². The van der Waals surface area contributed by atoms with Crippen molar-refractivity contribution in [3.05, 3.63) is 59.7 Å². The van der Waals surface area contributed by atoms with E-state index in [-0.39, 0.29) is 36.5 Å². The van der Waals surface area contributed by atoms with E-state index in [4.69, 9.17) is 31.8 Å². The fourth-order valence-electron chi connectivity index (χ4n) is 3.35. The Balaban J connectivity index is 0.00000544. The minimum absolute atomic E-state index is 0. The highest BCUT2D eigenvalue weighted by Crippen LogP contribution is 2.16. The van der Waals surface area contributed by atoms with E-state index in [2.05, 4.69) is 0 Å². The predicted octanol–water partition coefficient (Wildman–Crippen LogP) is 6.07. The van der Waals surface area contributed by atoms with Crippen molar-refractivity contribution in [1.29, 1.82) is 10.8 Å². The van der Waals surface area contributed by atoms with Gasteiger partial charge in [-0.05, 0) is 61.1 Å². The van der Waals surface area contributed by atoms with Crippen molar-refractivity contribution in [2.75, 3.05) is 13.2 Å². The lowest BCUT2D eigenvalue weighted by Gasteiger charge is -2.08. The fourth-order valence-corrected chi connectivity index (χ4v) is 3.35. The molecule has 0 aliphatic heterocycles. The summed E-state index contributed by atoms with van der Waals surface area (Å²) in [5, 5.41) is 14.6. The minimum atomic E-state index is 0. The highest BCUT2D eigenvalue weighted by atomic mass is 35.5. The smallest absolute Gasteiger partial charge is 0.119 e. The van der Waals surface area contributed by atoms with Gasteiger partial charge in [0.25, 0.3) is 0 Å². The van der Waals surface area contributed by atoms with Gasteiger partial charge in [-0.2, -0.15) is 0 Å². The average molecular weight is 512 g/mol. The number of nitrogens with two attached hydrogens (primary N) is 2. The molecule has 0 fully saturated rings. The second kappa shape index (κ2) is 18.9. The zero-order chi connectivity index (χ0) is 23.0. The van der Waals surface area contributed by atoms with Crippen molar-refractivity contribution in [2.45, 2.75) is 64.2 Å². The van der Waals surface area contributed by atoms with Gasteiger partial charge in [0, 0.05) is 12.8 Å². The number of aryl methyl sites for hydroxylation is 2. The summed E-state index contributed by atoms with van der Waals surface area (Å²) in [7, 11) is 0. The number of benzene rings is 2. The van der Waals surface area contributed by atoms with Crippen LogP contribution >= 0.6 is 24.8 Å². The molecule has 0 radical (unpaired) electrons. The molecular weight excluding hydrogens is 471 g/mol. The lowest BCUT2D eigenvalue weighted by molar-refractivity contribution is 0.297. The van der Waals surface area contributed by atoms with Crippen LogP contribution in [0.4, 0.5) is 0 Å². The fraction of sp³-hybridized carbons (Fsp3) is 0.462. The molecular formula is C26H40Cl2N4O2. The molecule has 34 heavy (non-hydrogen) atoms. The third kappa shape index (κ3) is 14.7. The molecule has 0 bridgehead atoms. The lowest BCUT2D eigenvalue weighted by Crippen LogP contribution is -2.10. The van der Waals surface area contributed by atoms with Crippen molar-refractivity contribution in [3.8, 4) is 11.5 Å². The molecule has 0 aliphatic carbocycles. The van der Waals surface area contributed by atoms with Gasteiger partial charge in [-0.3, -0.25) is 10.8 Å². The van der Waals surface area contributed by atoms with Gasteiger partial charge < -0.3 is 20.9 Å². The Kier molecular flexibility index (Phi) is 17.6. The number of hydrogen-bond acceptors (Lipinski definition) is 4. The Hall–Kier alpha value is -2.44. The molecule has 0 aromatic heterocycles. The summed E-state index contributed by atoms with van der Waals surface area (Å²) < 4.78 is 11.6. The largest absolute Gasteiger partial charge is 0.494 e. The Labute approximate surface area is 216 Å². The molecule has 0 amide bonds. The van der Waals surface area contributed by atoms with Crippen LogP contribution in [0.2, 0.25) is 0 Å². The summed E-state index contributed by atoms with van der Waals surface area (Å²) in [5.41, 5.74) is 13.2. The SMILES string of the molecule is Cl.Cl.N=C(N)CCc1ccc(OCCCCCCCCOc2ccc(CCC(=N)N)cc2)cc1. The normalized spacial score (nSPS) is 10.0. The summed E-state index contributed by atoms with van der Waals surface area (Å²) in [6.07, 6.45) is 9.74. The Morgan fingerprint density at radius 2 is 0.882 bits per heavy atom. The number of hydrogen-bond donors (Lipinski definition) is 4. The van der Waals surface area contributed by atoms with Crippen LogP contribution in [0.5, 0.6) is 11.5 Å². The van der Waals surface area contributed by atoms with Gasteiger partial charge in [0.2, 0.25) is 0 Å². The molecule has 8 heteroatoms. The van der Waals surface area contributed by atoms with Crippen molar-refractivity contribution < 1.29 is 9.47 Å². The second-order valence-electron chi connectivity index (χ2n) is 8.16. The first-order chi connectivity index (χ1) is 15.5. The molecule has 6 N–H and O–H groups in total. The van der Waals surface area contributed by atoms with Gasteiger partial charge in [-0.25, -0.2) is 0 Å². The average Bonchev–Trinajstić information content (AvgIpc) is 2.79. The molecule has 0 atom stereocenters. The van der Waals surface area contributed by atoms with Crippen LogP contribution in [-0.4, -0.2) is 24.9 Å². The maximum absolute atomic E-state index is 7.28. The van der Waals surface area contributed by atoms with Crippen LogP contribution in [0.15, 0.2) is 48.5 Å². The molecule has 2 rings (SSSR count). The van der Waals surface area contributed by atoms with Gasteiger partial charge in [0.15, 0.2) is 0 Å². The third-order valence-corrected chi connectivity index (χ3v) is 5.29. The molecule has 6 nitrogen and oxygen atoms in total. The van der Waals surface area contributed by atoms with Crippen LogP contribution in [-0.2, 0) is 12.8 Å². The number of ether oxygens (including phenoxy) is 2. The topological polar surface area (TPSA) is 118 Å². The summed E-state index contributed by atoms with van der Waals surface area (Å²) in [4.78, 5) is 0. The maximum atomic E-state index is 7.28. The summed E-state index contributed by atoms with van der Waals surface area (Å²) in [5.74, 6) is 2.26. The number of halogens is 2. The highest BCUT2D eigenvalue weighted by molar-refractivity contribution is 5.85. The molecule has 190 valence electrons. The number of amidine groups is 2. The number of nitrogens with one attached hydrogen (secondary N) is 2. The molecule has 0 saturated heterocycles. The number of unbranched alkanes of at least 4 members (excludes halogenated alkanes) is 5. The van der Waals surface area contributed by atoms with E-state index in [0.717, 1.165) is 50.4 Å². The van der Waals surface area contributed by atoms with Crippen molar-refractivity contribution in [3.63, 3.8) is 0 Å². The minimum Gasteiger partial charge on any atom is -0.494 e. The highest BCUT2D eigenvalue weighted by Gasteiger charge is 2.00. The van der Waals surface area contributed by atoms with Crippen molar-refractivity contribution in [1.82, 2.24) is 0 Å². The zero-order valence-corrected chi connectivity index (χ0v) is 21.5. The number of rotatable bonds is 17. The second-order valence-corrected chi connectivity index (χ2v) is 8.16. The van der Waals surface area contributed by atoms with E-state index in [1.54, 1.807) is 0 Å². The van der Waals surface area contributed by atoms with Crippen LogP contribution in [0.25, 0.3) is 0 Å². The summed E-state index contributed by atoms with van der Waals surface area (Å²) >= 11 is 0. The van der Waals surface area contributed by atoms with Gasteiger partial charge in [-0.1, -0.05) is 49.9 Å². The Morgan fingerprint density at radius 3 is 1.21 bits per heavy atom. The quantitative estimate of drug-likeness (QED) is 0.117. The Morgan fingerprint density at radius 1 is 0.559 bits per heavy atom. The van der Waals surface area contributed by atoms with Gasteiger partial charge in [0.1, 0.15) is 11.5 Å². The third-order valence-electron chi connectivity index (χ3n) is 5.29. The summed E-state index contributed by atoms with van der Waals surface area (Å²) in [6.45, 7) is 1.50. The molecule has 0 heterocycles. The molecule has 0 spiro atoms. The molecule has 0 aliphatic rings. The molecule has 0 saturated carbocycles. The van der Waals surface area contributed by atoms with Crippen molar-refractivity contribution >= 4 is 36.5 Å². The van der Waals surface area contributed by atoms with E-state index in [9.17, 15) is 0 Å². The van der Waals surface area contributed by atoms with E-state index in [0.29, 0.717) is 12.8 Å². The van der Waals surface area contributed by atoms with Crippen LogP contribution in [0.1, 0.15) is 62.5 Å². The summed E-state index contributed by atoms with van der Waals surface area (Å²) in [6, 6.07) is 16.2. The molecule has 0 unspecified atom stereocenters. The predicted molar refractivity (Wildman–Crippen MR) is 147 cm³/mol. The molecule has 2 aromatic rings. The monoisotopic (exact) mass is 510 g/mol. The lowest BCUT2D eigenvalue weighted by atomic mass is 10.1. The van der Waals surface area contributed by atoms with E-state index < -0.39 is 0 Å². The standard InChI is InChI=1S/C26H38N4O2.2ClH/c27-25(28)17-11-21-7-13-23(14-8-21)31-19-5-3-1-2-4-6-20-32-24-15-9-22(10-16-24)12-18-26(29)30;;/h7-10,13-16H,1-6,11-12,17-20H2,(H3,27,28)(H3,29,30);2*1H.